The molecule has 0 bridgehead atoms. The molecule has 1 atom stereocenters. The molecule has 4 aromatic rings. The van der Waals surface area contributed by atoms with Crippen molar-refractivity contribution in [2.24, 2.45) is 0 Å². The first-order valence-electron chi connectivity index (χ1n) is 12.3. The summed E-state index contributed by atoms with van der Waals surface area (Å²) in [4.78, 5) is 37.3. The minimum absolute atomic E-state index is 0.0129. The molecule has 1 amide bonds. The molecular formula is C29H27N3O5S. The number of benzene rings is 2. The normalized spacial score (nSPS) is 17.0. The summed E-state index contributed by atoms with van der Waals surface area (Å²) in [6.07, 6.45) is 1.57. The number of pyridine rings is 1. The maximum absolute atomic E-state index is 13.4. The number of aromatic nitrogens is 2. The number of ketones is 1. The standard InChI is InChI=1S/C29H27N3O5S/c1-5-36-19-10-11-20-23(15-19)38-29(31-20)32-25(21-8-6-7-13-30-21)24(27(34)28(32)35)26(33)18-9-12-22(17(4)14-18)37-16(2)3/h6-16,25,33H,5H2,1-4H3/b26-24+. The van der Waals surface area contributed by atoms with Crippen LogP contribution in [0.5, 0.6) is 11.5 Å². The molecule has 1 unspecified atom stereocenters. The molecule has 1 aliphatic rings. The monoisotopic (exact) mass is 529 g/mol. The van der Waals surface area contributed by atoms with Crippen LogP contribution < -0.4 is 14.4 Å². The Balaban J connectivity index is 1.64. The predicted octanol–water partition coefficient (Wildman–Crippen LogP) is 5.81. The lowest BCUT2D eigenvalue weighted by Gasteiger charge is -2.22. The van der Waals surface area contributed by atoms with E-state index in [0.717, 1.165) is 10.3 Å². The van der Waals surface area contributed by atoms with Gasteiger partial charge in [0.1, 0.15) is 23.3 Å². The Labute approximate surface area is 224 Å². The van der Waals surface area contributed by atoms with Crippen LogP contribution in [0.1, 0.15) is 43.6 Å². The van der Waals surface area contributed by atoms with Crippen LogP contribution in [0.4, 0.5) is 5.13 Å². The topological polar surface area (TPSA) is 102 Å². The van der Waals surface area contributed by atoms with Crippen molar-refractivity contribution in [3.05, 3.63) is 83.2 Å². The second-order valence-electron chi connectivity index (χ2n) is 9.13. The lowest BCUT2D eigenvalue weighted by molar-refractivity contribution is -0.132. The molecule has 8 nitrogen and oxygen atoms in total. The van der Waals surface area contributed by atoms with Crippen molar-refractivity contribution in [1.29, 1.82) is 0 Å². The van der Waals surface area contributed by atoms with E-state index in [1.54, 1.807) is 42.6 Å². The summed E-state index contributed by atoms with van der Waals surface area (Å²) in [6.45, 7) is 8.15. The third-order valence-electron chi connectivity index (χ3n) is 6.09. The molecule has 38 heavy (non-hydrogen) atoms. The number of carbonyl (C=O) groups excluding carboxylic acids is 2. The molecule has 0 aliphatic carbocycles. The largest absolute Gasteiger partial charge is 0.507 e. The van der Waals surface area contributed by atoms with Gasteiger partial charge in [-0.2, -0.15) is 0 Å². The van der Waals surface area contributed by atoms with Crippen molar-refractivity contribution in [1.82, 2.24) is 9.97 Å². The number of thiazole rings is 1. The predicted molar refractivity (Wildman–Crippen MR) is 147 cm³/mol. The molecule has 2 aromatic heterocycles. The van der Waals surface area contributed by atoms with Gasteiger partial charge in [0.2, 0.25) is 0 Å². The lowest BCUT2D eigenvalue weighted by Crippen LogP contribution is -2.29. The average Bonchev–Trinajstić information content (AvgIpc) is 3.43. The molecule has 5 rings (SSSR count). The highest BCUT2D eigenvalue weighted by molar-refractivity contribution is 7.22. The molecule has 1 N–H and O–H groups in total. The molecule has 0 saturated carbocycles. The number of fused-ring (bicyclic) bond motifs is 1. The number of ether oxygens (including phenoxy) is 2. The first-order chi connectivity index (χ1) is 18.3. The molecule has 9 heteroatoms. The summed E-state index contributed by atoms with van der Waals surface area (Å²) in [5.41, 5.74) is 2.27. The zero-order valence-electron chi connectivity index (χ0n) is 21.5. The summed E-state index contributed by atoms with van der Waals surface area (Å²) in [7, 11) is 0. The second-order valence-corrected chi connectivity index (χ2v) is 10.1. The van der Waals surface area contributed by atoms with Crippen LogP contribution in [-0.2, 0) is 9.59 Å². The summed E-state index contributed by atoms with van der Waals surface area (Å²) in [5, 5.41) is 11.8. The van der Waals surface area contributed by atoms with E-state index in [2.05, 4.69) is 9.97 Å². The van der Waals surface area contributed by atoms with Gasteiger partial charge in [0.15, 0.2) is 5.13 Å². The third-order valence-corrected chi connectivity index (χ3v) is 7.11. The molecular weight excluding hydrogens is 502 g/mol. The van der Waals surface area contributed by atoms with Crippen LogP contribution in [0.25, 0.3) is 16.0 Å². The molecule has 194 valence electrons. The molecule has 1 saturated heterocycles. The van der Waals surface area contributed by atoms with Gasteiger partial charge in [-0.05, 0) is 81.8 Å². The Bertz CT molecular complexity index is 1560. The van der Waals surface area contributed by atoms with Crippen LogP contribution in [-0.4, -0.2) is 39.5 Å². The van der Waals surface area contributed by atoms with Crippen molar-refractivity contribution in [2.45, 2.75) is 39.8 Å². The highest BCUT2D eigenvalue weighted by atomic mass is 32.1. The number of hydrogen-bond acceptors (Lipinski definition) is 8. The number of rotatable bonds is 7. The number of hydrogen-bond donors (Lipinski definition) is 1. The zero-order valence-corrected chi connectivity index (χ0v) is 22.3. The van der Waals surface area contributed by atoms with Gasteiger partial charge in [-0.25, -0.2) is 4.98 Å². The molecule has 1 aliphatic heterocycles. The summed E-state index contributed by atoms with van der Waals surface area (Å²) in [5.74, 6) is -0.478. The number of nitrogens with zero attached hydrogens (tertiary/aromatic N) is 3. The molecule has 0 spiro atoms. The Morgan fingerprint density at radius 2 is 1.95 bits per heavy atom. The number of Topliss-reactive ketones (excluding diaryl/α,β-unsaturated/α-hetero) is 1. The first kappa shape index (κ1) is 25.4. The fourth-order valence-corrected chi connectivity index (χ4v) is 5.46. The number of aliphatic hydroxyl groups excluding tert-OH is 1. The number of aliphatic hydroxyl groups is 1. The smallest absolute Gasteiger partial charge is 0.301 e. The fourth-order valence-electron chi connectivity index (χ4n) is 4.44. The Kier molecular flexibility index (Phi) is 6.86. The average molecular weight is 530 g/mol. The maximum atomic E-state index is 13.4. The van der Waals surface area contributed by atoms with Crippen LogP contribution in [0.2, 0.25) is 0 Å². The van der Waals surface area contributed by atoms with Gasteiger partial charge in [0.05, 0.1) is 34.2 Å². The van der Waals surface area contributed by atoms with Crippen LogP contribution >= 0.6 is 11.3 Å². The van der Waals surface area contributed by atoms with Gasteiger partial charge < -0.3 is 14.6 Å². The van der Waals surface area contributed by atoms with E-state index in [-0.39, 0.29) is 17.4 Å². The van der Waals surface area contributed by atoms with Crippen molar-refractivity contribution in [3.8, 4) is 11.5 Å². The van der Waals surface area contributed by atoms with E-state index in [1.807, 2.05) is 45.9 Å². The van der Waals surface area contributed by atoms with E-state index in [1.165, 1.54) is 16.2 Å². The Hall–Kier alpha value is -4.24. The van der Waals surface area contributed by atoms with Crippen molar-refractivity contribution < 1.29 is 24.2 Å². The Morgan fingerprint density at radius 1 is 1.13 bits per heavy atom. The second kappa shape index (κ2) is 10.3. The van der Waals surface area contributed by atoms with Crippen molar-refractivity contribution in [3.63, 3.8) is 0 Å². The van der Waals surface area contributed by atoms with Gasteiger partial charge in [0.25, 0.3) is 5.78 Å². The van der Waals surface area contributed by atoms with Crippen molar-refractivity contribution >= 4 is 44.1 Å². The minimum atomic E-state index is -0.949. The molecule has 3 heterocycles. The van der Waals surface area contributed by atoms with E-state index in [0.29, 0.717) is 40.0 Å². The third kappa shape index (κ3) is 4.61. The fraction of sp³-hybridized carbons (Fsp3) is 0.241. The first-order valence-corrected chi connectivity index (χ1v) is 13.1. The van der Waals surface area contributed by atoms with Gasteiger partial charge in [-0.3, -0.25) is 19.5 Å². The Morgan fingerprint density at radius 3 is 2.63 bits per heavy atom. The van der Waals surface area contributed by atoms with E-state index < -0.39 is 17.7 Å². The van der Waals surface area contributed by atoms with Gasteiger partial charge >= 0.3 is 5.91 Å². The van der Waals surface area contributed by atoms with Crippen LogP contribution in [0.15, 0.2) is 66.4 Å². The summed E-state index contributed by atoms with van der Waals surface area (Å²) >= 11 is 1.27. The number of aryl methyl sites for hydroxylation is 1. The highest BCUT2D eigenvalue weighted by Crippen LogP contribution is 2.44. The van der Waals surface area contributed by atoms with E-state index >= 15 is 0 Å². The van der Waals surface area contributed by atoms with E-state index in [4.69, 9.17) is 9.47 Å². The molecule has 1 fully saturated rings. The van der Waals surface area contributed by atoms with Crippen LogP contribution in [0.3, 0.4) is 0 Å². The minimum Gasteiger partial charge on any atom is -0.507 e. The lowest BCUT2D eigenvalue weighted by atomic mass is 9.97. The van der Waals surface area contributed by atoms with Gasteiger partial charge in [-0.1, -0.05) is 17.4 Å². The molecule has 0 radical (unpaired) electrons. The highest BCUT2D eigenvalue weighted by Gasteiger charge is 2.48. The molecule has 2 aromatic carbocycles. The summed E-state index contributed by atoms with van der Waals surface area (Å²) in [6, 6.07) is 15.0. The quantitative estimate of drug-likeness (QED) is 0.183. The van der Waals surface area contributed by atoms with Gasteiger partial charge in [0, 0.05) is 11.8 Å². The van der Waals surface area contributed by atoms with E-state index in [9.17, 15) is 14.7 Å². The van der Waals surface area contributed by atoms with Crippen molar-refractivity contribution in [2.75, 3.05) is 11.5 Å². The SMILES string of the molecule is CCOc1ccc2nc(N3C(=O)C(=O)/C(=C(/O)c4ccc(OC(C)C)c(C)c4)C3c3ccccn3)sc2c1. The number of anilines is 1. The van der Waals surface area contributed by atoms with Gasteiger partial charge in [-0.15, -0.1) is 0 Å². The zero-order chi connectivity index (χ0) is 27.0. The summed E-state index contributed by atoms with van der Waals surface area (Å²) < 4.78 is 12.2. The number of carbonyl (C=O) groups is 2. The number of amides is 1. The maximum Gasteiger partial charge on any atom is 0.301 e. The van der Waals surface area contributed by atoms with Crippen LogP contribution in [0, 0.1) is 6.92 Å².